The van der Waals surface area contributed by atoms with E-state index in [-0.39, 0.29) is 5.54 Å². The van der Waals surface area contributed by atoms with E-state index in [2.05, 4.69) is 25.7 Å². The highest BCUT2D eigenvalue weighted by molar-refractivity contribution is 5.02. The fourth-order valence-electron chi connectivity index (χ4n) is 4.63. The van der Waals surface area contributed by atoms with Gasteiger partial charge in [-0.05, 0) is 63.5 Å². The maximum atomic E-state index is 6.83. The highest BCUT2D eigenvalue weighted by atomic mass is 15.2. The molecule has 1 saturated carbocycles. The molecule has 2 N–H and O–H groups in total. The Hall–Kier alpha value is -0.0800. The molecule has 1 atom stereocenters. The van der Waals surface area contributed by atoms with Gasteiger partial charge < -0.3 is 5.73 Å². The van der Waals surface area contributed by atoms with Crippen LogP contribution in [0.2, 0.25) is 0 Å². The second-order valence-electron chi connectivity index (χ2n) is 7.05. The molecule has 2 heteroatoms. The lowest BCUT2D eigenvalue weighted by atomic mass is 9.70. The Morgan fingerprint density at radius 2 is 1.58 bits per heavy atom. The maximum Gasteiger partial charge on any atom is 0.0357 e. The van der Waals surface area contributed by atoms with Crippen molar-refractivity contribution < 1.29 is 0 Å². The van der Waals surface area contributed by atoms with Crippen molar-refractivity contribution in [3.63, 3.8) is 0 Å². The minimum absolute atomic E-state index is 0.280. The molecule has 112 valence electrons. The van der Waals surface area contributed by atoms with Crippen molar-refractivity contribution >= 4 is 0 Å². The Labute approximate surface area is 120 Å². The highest BCUT2D eigenvalue weighted by Gasteiger charge is 2.43. The molecule has 0 aromatic carbocycles. The van der Waals surface area contributed by atoms with Crippen LogP contribution in [0, 0.1) is 11.8 Å². The zero-order chi connectivity index (χ0) is 13.9. The van der Waals surface area contributed by atoms with Crippen LogP contribution in [0.3, 0.4) is 0 Å². The Morgan fingerprint density at radius 1 is 1.05 bits per heavy atom. The molecule has 1 aliphatic heterocycles. The van der Waals surface area contributed by atoms with E-state index in [0.29, 0.717) is 6.04 Å². The van der Waals surface area contributed by atoms with E-state index in [1.165, 1.54) is 64.5 Å². The second kappa shape index (κ2) is 6.58. The minimum Gasteiger partial charge on any atom is -0.326 e. The highest BCUT2D eigenvalue weighted by Crippen LogP contribution is 2.39. The predicted octanol–water partition coefficient (Wildman–Crippen LogP) is 3.79. The predicted molar refractivity (Wildman–Crippen MR) is 83.2 cm³/mol. The molecule has 2 aliphatic rings. The molecule has 1 saturated heterocycles. The molecule has 1 heterocycles. The quantitative estimate of drug-likeness (QED) is 0.820. The fourth-order valence-corrected chi connectivity index (χ4v) is 4.63. The Morgan fingerprint density at radius 3 is 2.05 bits per heavy atom. The van der Waals surface area contributed by atoms with Gasteiger partial charge in [-0.25, -0.2) is 0 Å². The van der Waals surface area contributed by atoms with Crippen molar-refractivity contribution in [2.45, 2.75) is 83.7 Å². The minimum atomic E-state index is 0.280. The number of hydrogen-bond donors (Lipinski definition) is 1. The topological polar surface area (TPSA) is 29.3 Å². The van der Waals surface area contributed by atoms with E-state index in [1.54, 1.807) is 0 Å². The van der Waals surface area contributed by atoms with Crippen LogP contribution in [0.5, 0.6) is 0 Å². The summed E-state index contributed by atoms with van der Waals surface area (Å²) in [5.74, 6) is 1.68. The summed E-state index contributed by atoms with van der Waals surface area (Å²) in [5.41, 5.74) is 7.11. The monoisotopic (exact) mass is 266 g/mol. The molecule has 0 bridgehead atoms. The molecular formula is C17H34N2. The third-order valence-corrected chi connectivity index (χ3v) is 6.15. The van der Waals surface area contributed by atoms with Crippen molar-refractivity contribution in [3.05, 3.63) is 0 Å². The molecule has 0 radical (unpaired) electrons. The zero-order valence-corrected chi connectivity index (χ0v) is 13.3. The summed E-state index contributed by atoms with van der Waals surface area (Å²) >= 11 is 0. The molecule has 2 rings (SSSR count). The van der Waals surface area contributed by atoms with Gasteiger partial charge >= 0.3 is 0 Å². The third kappa shape index (κ3) is 3.00. The van der Waals surface area contributed by atoms with Gasteiger partial charge in [-0.2, -0.15) is 0 Å². The van der Waals surface area contributed by atoms with Gasteiger partial charge in [0.2, 0.25) is 0 Å². The van der Waals surface area contributed by atoms with Crippen molar-refractivity contribution in [1.82, 2.24) is 4.90 Å². The molecular weight excluding hydrogens is 232 g/mol. The van der Waals surface area contributed by atoms with Gasteiger partial charge in [-0.3, -0.25) is 4.90 Å². The van der Waals surface area contributed by atoms with Crippen LogP contribution in [0.4, 0.5) is 0 Å². The van der Waals surface area contributed by atoms with E-state index in [4.69, 9.17) is 5.73 Å². The van der Waals surface area contributed by atoms with Gasteiger partial charge in [-0.15, -0.1) is 0 Å². The van der Waals surface area contributed by atoms with Crippen LogP contribution >= 0.6 is 0 Å². The van der Waals surface area contributed by atoms with Gasteiger partial charge in [-0.1, -0.05) is 33.6 Å². The lowest BCUT2D eigenvalue weighted by Gasteiger charge is -2.49. The third-order valence-electron chi connectivity index (χ3n) is 6.15. The standard InChI is InChI=1S/C17H34N2/c1-4-17(5-2,19-12-6-7-13-19)16(18)15-10-8-14(3)9-11-15/h14-16H,4-13,18H2,1-3H3. The number of nitrogens with zero attached hydrogens (tertiary/aromatic N) is 1. The largest absolute Gasteiger partial charge is 0.326 e. The molecule has 19 heavy (non-hydrogen) atoms. The average Bonchev–Trinajstić information content (AvgIpc) is 2.96. The molecule has 0 aromatic rings. The van der Waals surface area contributed by atoms with Crippen molar-refractivity contribution in [1.29, 1.82) is 0 Å². The summed E-state index contributed by atoms with van der Waals surface area (Å²) in [6.07, 6.45) is 10.7. The van der Waals surface area contributed by atoms with Gasteiger partial charge in [0.15, 0.2) is 0 Å². The van der Waals surface area contributed by atoms with Crippen LogP contribution in [0.1, 0.15) is 72.1 Å². The van der Waals surface area contributed by atoms with Crippen LogP contribution in [0.15, 0.2) is 0 Å². The van der Waals surface area contributed by atoms with Gasteiger partial charge in [0.25, 0.3) is 0 Å². The molecule has 1 unspecified atom stereocenters. The Bertz CT molecular complexity index is 258. The summed E-state index contributed by atoms with van der Waals surface area (Å²) in [5, 5.41) is 0. The van der Waals surface area contributed by atoms with E-state index in [1.807, 2.05) is 0 Å². The molecule has 1 aliphatic carbocycles. The molecule has 0 amide bonds. The molecule has 0 spiro atoms. The van der Waals surface area contributed by atoms with Gasteiger partial charge in [0.05, 0.1) is 0 Å². The second-order valence-corrected chi connectivity index (χ2v) is 7.05. The molecule has 0 aromatic heterocycles. The SMILES string of the molecule is CCC(CC)(C(N)C1CCC(C)CC1)N1CCCC1. The smallest absolute Gasteiger partial charge is 0.0357 e. The van der Waals surface area contributed by atoms with Gasteiger partial charge in [0, 0.05) is 11.6 Å². The van der Waals surface area contributed by atoms with Gasteiger partial charge in [0.1, 0.15) is 0 Å². The Kier molecular flexibility index (Phi) is 5.30. The summed E-state index contributed by atoms with van der Waals surface area (Å²) in [7, 11) is 0. The normalized spacial score (nSPS) is 31.6. The summed E-state index contributed by atoms with van der Waals surface area (Å²) in [6.45, 7) is 9.66. The van der Waals surface area contributed by atoms with Crippen molar-refractivity contribution in [3.8, 4) is 0 Å². The number of hydrogen-bond acceptors (Lipinski definition) is 2. The zero-order valence-electron chi connectivity index (χ0n) is 13.3. The van der Waals surface area contributed by atoms with E-state index >= 15 is 0 Å². The van der Waals surface area contributed by atoms with Crippen molar-refractivity contribution in [2.75, 3.05) is 13.1 Å². The first kappa shape index (κ1) is 15.3. The summed E-state index contributed by atoms with van der Waals surface area (Å²) in [4.78, 5) is 2.73. The average molecular weight is 266 g/mol. The number of rotatable bonds is 5. The summed E-state index contributed by atoms with van der Waals surface area (Å²) in [6, 6.07) is 0.382. The first-order valence-electron chi connectivity index (χ1n) is 8.64. The van der Waals surface area contributed by atoms with E-state index in [9.17, 15) is 0 Å². The van der Waals surface area contributed by atoms with Crippen LogP contribution in [-0.2, 0) is 0 Å². The maximum absolute atomic E-state index is 6.83. The number of nitrogens with two attached hydrogens (primary N) is 1. The van der Waals surface area contributed by atoms with Crippen LogP contribution in [0.25, 0.3) is 0 Å². The lowest BCUT2D eigenvalue weighted by Crippen LogP contribution is -2.61. The van der Waals surface area contributed by atoms with Crippen LogP contribution in [-0.4, -0.2) is 29.6 Å². The molecule has 2 nitrogen and oxygen atoms in total. The first-order chi connectivity index (χ1) is 9.14. The molecule has 2 fully saturated rings. The first-order valence-corrected chi connectivity index (χ1v) is 8.64. The van der Waals surface area contributed by atoms with E-state index in [0.717, 1.165) is 11.8 Å². The fraction of sp³-hybridized carbons (Fsp3) is 1.00. The van der Waals surface area contributed by atoms with Crippen LogP contribution < -0.4 is 5.73 Å². The number of likely N-dealkylation sites (tertiary alicyclic amines) is 1. The van der Waals surface area contributed by atoms with Crippen molar-refractivity contribution in [2.24, 2.45) is 17.6 Å². The lowest BCUT2D eigenvalue weighted by molar-refractivity contribution is 0.0422. The van der Waals surface area contributed by atoms with E-state index < -0.39 is 0 Å². The summed E-state index contributed by atoms with van der Waals surface area (Å²) < 4.78 is 0. The Balaban J connectivity index is 2.08.